The summed E-state index contributed by atoms with van der Waals surface area (Å²) in [5.41, 5.74) is 4.83. The van der Waals surface area contributed by atoms with E-state index in [-0.39, 0.29) is 26.1 Å². The number of hydrogen-bond acceptors (Lipinski definition) is 13. The third-order valence-electron chi connectivity index (χ3n) is 8.48. The van der Waals surface area contributed by atoms with Crippen molar-refractivity contribution < 1.29 is 42.1 Å². The van der Waals surface area contributed by atoms with Crippen LogP contribution < -0.4 is 20.1 Å². The van der Waals surface area contributed by atoms with Gasteiger partial charge in [0.1, 0.15) is 35.7 Å². The molecule has 0 fully saturated rings. The molecule has 0 amide bonds. The third-order valence-corrected chi connectivity index (χ3v) is 8.48. The van der Waals surface area contributed by atoms with Crippen LogP contribution in [-0.2, 0) is 49.7 Å². The first-order valence-electron chi connectivity index (χ1n) is 18.5. The van der Waals surface area contributed by atoms with Crippen molar-refractivity contribution in [1.82, 2.24) is 20.6 Å². The molecule has 2 heterocycles. The van der Waals surface area contributed by atoms with E-state index >= 15 is 0 Å². The van der Waals surface area contributed by atoms with Gasteiger partial charge in [-0.05, 0) is 73.5 Å². The van der Waals surface area contributed by atoms with Gasteiger partial charge in [-0.2, -0.15) is 0 Å². The second-order valence-electron chi connectivity index (χ2n) is 12.5. The average molecular weight is 751 g/mol. The maximum Gasteiger partial charge on any atom is 0.343 e. The largest absolute Gasteiger partial charge is 0.492 e. The average Bonchev–Trinajstić information content (AvgIpc) is 3.82. The highest BCUT2D eigenvalue weighted by molar-refractivity contribution is 5.90. The fourth-order valence-corrected chi connectivity index (χ4v) is 5.79. The van der Waals surface area contributed by atoms with Crippen LogP contribution in [0.15, 0.2) is 106 Å². The summed E-state index contributed by atoms with van der Waals surface area (Å²) >= 11 is 0. The first kappa shape index (κ1) is 39.1. The summed E-state index contributed by atoms with van der Waals surface area (Å²) in [5.74, 6) is 1.07. The van der Waals surface area contributed by atoms with Gasteiger partial charge in [-0.15, -0.1) is 0 Å². The summed E-state index contributed by atoms with van der Waals surface area (Å²) in [5, 5.41) is 6.53. The van der Waals surface area contributed by atoms with Crippen molar-refractivity contribution >= 4 is 34.1 Å². The Bertz CT molecular complexity index is 1880. The Morgan fingerprint density at radius 3 is 1.42 bits per heavy atom. The zero-order valence-corrected chi connectivity index (χ0v) is 31.0. The maximum atomic E-state index is 13.1. The zero-order chi connectivity index (χ0) is 38.2. The second kappa shape index (κ2) is 20.2. The van der Waals surface area contributed by atoms with Gasteiger partial charge in [0.2, 0.25) is 11.8 Å². The van der Waals surface area contributed by atoms with Gasteiger partial charge in [0.15, 0.2) is 23.4 Å². The smallest absolute Gasteiger partial charge is 0.343 e. The minimum Gasteiger partial charge on any atom is -0.492 e. The van der Waals surface area contributed by atoms with Crippen LogP contribution in [0.25, 0.3) is 22.2 Å². The Kier molecular flexibility index (Phi) is 14.4. The summed E-state index contributed by atoms with van der Waals surface area (Å²) in [6.07, 6.45) is -1.50. The van der Waals surface area contributed by atoms with E-state index < -0.39 is 24.1 Å². The second-order valence-corrected chi connectivity index (χ2v) is 12.5. The number of carbonyl (C=O) groups is 2. The molecule has 13 heteroatoms. The predicted molar refractivity (Wildman–Crippen MR) is 205 cm³/mol. The molecule has 2 unspecified atom stereocenters. The fraction of sp³-hybridized carbons (Fsp3) is 0.333. The van der Waals surface area contributed by atoms with Gasteiger partial charge in [-0.25, -0.2) is 19.6 Å². The number of carbonyl (C=O) groups excluding carboxylic acids is 2. The molecule has 55 heavy (non-hydrogen) atoms. The monoisotopic (exact) mass is 750 g/mol. The summed E-state index contributed by atoms with van der Waals surface area (Å²) in [6.45, 7) is 7.16. The molecule has 6 rings (SSSR count). The number of para-hydroxylation sites is 4. The van der Waals surface area contributed by atoms with E-state index in [9.17, 15) is 9.59 Å². The Morgan fingerprint density at radius 1 is 0.600 bits per heavy atom. The molecule has 0 aliphatic rings. The van der Waals surface area contributed by atoms with Crippen LogP contribution in [-0.4, -0.2) is 73.6 Å². The van der Waals surface area contributed by atoms with Gasteiger partial charge in [-0.3, -0.25) is 0 Å². The number of aromatic nitrogens is 2. The molecule has 288 valence electrons. The van der Waals surface area contributed by atoms with E-state index in [4.69, 9.17) is 32.5 Å². The maximum absolute atomic E-state index is 13.1. The van der Waals surface area contributed by atoms with Crippen molar-refractivity contribution in [3.05, 3.63) is 120 Å². The molecule has 0 radical (unpaired) electrons. The van der Waals surface area contributed by atoms with Crippen molar-refractivity contribution in [3.8, 4) is 11.5 Å². The first-order valence-corrected chi connectivity index (χ1v) is 18.5. The van der Waals surface area contributed by atoms with E-state index in [1.54, 1.807) is 13.8 Å². The van der Waals surface area contributed by atoms with E-state index in [0.717, 1.165) is 33.3 Å². The molecular weight excluding hydrogens is 704 g/mol. The lowest BCUT2D eigenvalue weighted by Crippen LogP contribution is -2.36. The SMILES string of the molecule is CCOC(Cc1ccc(OCCNCc2nc3ccccc3o2)cc1)C(=O)OC(=O)C(Cc1ccc(OCCNCc2nc3ccccc3o2)cc1)OCC. The van der Waals surface area contributed by atoms with E-state index in [1.807, 2.05) is 97.1 Å². The van der Waals surface area contributed by atoms with Crippen molar-refractivity contribution in [1.29, 1.82) is 0 Å². The predicted octanol–water partition coefficient (Wildman–Crippen LogP) is 5.97. The van der Waals surface area contributed by atoms with Crippen LogP contribution in [0.2, 0.25) is 0 Å². The molecule has 13 nitrogen and oxygen atoms in total. The molecule has 0 saturated carbocycles. The van der Waals surface area contributed by atoms with Crippen molar-refractivity contribution in [3.63, 3.8) is 0 Å². The summed E-state index contributed by atoms with van der Waals surface area (Å²) < 4.78 is 39.8. The molecular formula is C42H46N4O9. The molecule has 2 aromatic heterocycles. The molecule has 2 atom stereocenters. The van der Waals surface area contributed by atoms with Gasteiger partial charge in [0.05, 0.1) is 13.1 Å². The van der Waals surface area contributed by atoms with Crippen LogP contribution >= 0.6 is 0 Å². The van der Waals surface area contributed by atoms with Gasteiger partial charge in [0, 0.05) is 39.1 Å². The molecule has 0 aliphatic carbocycles. The van der Waals surface area contributed by atoms with Gasteiger partial charge < -0.3 is 43.2 Å². The van der Waals surface area contributed by atoms with Gasteiger partial charge in [-0.1, -0.05) is 48.5 Å². The molecule has 4 aromatic carbocycles. The normalized spacial score (nSPS) is 12.5. The van der Waals surface area contributed by atoms with Crippen molar-refractivity contribution in [2.24, 2.45) is 0 Å². The van der Waals surface area contributed by atoms with E-state index in [0.29, 0.717) is 62.7 Å². The number of nitrogens with one attached hydrogen (secondary N) is 2. The van der Waals surface area contributed by atoms with Crippen LogP contribution in [0.1, 0.15) is 36.8 Å². The number of benzene rings is 4. The van der Waals surface area contributed by atoms with Gasteiger partial charge in [0.25, 0.3) is 0 Å². The van der Waals surface area contributed by atoms with Crippen LogP contribution in [0.4, 0.5) is 0 Å². The molecule has 0 saturated heterocycles. The number of rotatable bonds is 22. The Morgan fingerprint density at radius 2 is 1.02 bits per heavy atom. The lowest BCUT2D eigenvalue weighted by atomic mass is 10.1. The summed E-state index contributed by atoms with van der Waals surface area (Å²) in [4.78, 5) is 35.2. The molecule has 6 aromatic rings. The number of fused-ring (bicyclic) bond motifs is 2. The molecule has 0 spiro atoms. The zero-order valence-electron chi connectivity index (χ0n) is 31.0. The molecule has 0 bridgehead atoms. The Labute approximate surface area is 319 Å². The van der Waals surface area contributed by atoms with Gasteiger partial charge >= 0.3 is 11.9 Å². The Balaban J connectivity index is 0.904. The highest BCUT2D eigenvalue weighted by atomic mass is 16.6. The van der Waals surface area contributed by atoms with Crippen LogP contribution in [0.3, 0.4) is 0 Å². The summed E-state index contributed by atoms with van der Waals surface area (Å²) in [7, 11) is 0. The topological polar surface area (TPSA) is 156 Å². The number of nitrogens with zero attached hydrogens (tertiary/aromatic N) is 2. The fourth-order valence-electron chi connectivity index (χ4n) is 5.79. The molecule has 2 N–H and O–H groups in total. The lowest BCUT2D eigenvalue weighted by Gasteiger charge is -2.19. The lowest BCUT2D eigenvalue weighted by molar-refractivity contribution is -0.175. The van der Waals surface area contributed by atoms with Crippen LogP contribution in [0.5, 0.6) is 11.5 Å². The number of ether oxygens (including phenoxy) is 5. The number of oxazole rings is 2. The molecule has 0 aliphatic heterocycles. The first-order chi connectivity index (χ1) is 27.0. The third kappa shape index (κ3) is 11.7. The number of esters is 2. The minimum atomic E-state index is -0.972. The quantitative estimate of drug-likeness (QED) is 0.0476. The van der Waals surface area contributed by atoms with Crippen LogP contribution in [0, 0.1) is 0 Å². The Hall–Kier alpha value is -5.60. The van der Waals surface area contributed by atoms with E-state index in [2.05, 4.69) is 20.6 Å². The summed E-state index contributed by atoms with van der Waals surface area (Å²) in [6, 6.07) is 30.0. The standard InChI is InChI=1S/C42H46N4O9/c1-3-49-37(25-29-13-17-31(18-14-29)51-23-21-43-27-39-45-33-9-5-7-11-35(33)53-39)41(47)55-42(48)38(50-4-2)26-30-15-19-32(20-16-30)52-24-22-44-28-40-46-34-10-6-8-12-36(34)54-40/h5-20,37-38,43-44H,3-4,21-28H2,1-2H3. The highest BCUT2D eigenvalue weighted by Crippen LogP contribution is 2.19. The van der Waals surface area contributed by atoms with E-state index in [1.165, 1.54) is 0 Å². The number of hydrogen-bond donors (Lipinski definition) is 2. The highest BCUT2D eigenvalue weighted by Gasteiger charge is 2.29. The van der Waals surface area contributed by atoms with Crippen molar-refractivity contribution in [2.45, 2.75) is 52.0 Å². The minimum absolute atomic E-state index is 0.222. The van der Waals surface area contributed by atoms with Crippen molar-refractivity contribution in [2.75, 3.05) is 39.5 Å².